The van der Waals surface area contributed by atoms with Crippen molar-refractivity contribution in [3.05, 3.63) is 71.3 Å². The minimum absolute atomic E-state index is 0.0899. The molecule has 1 amide bonds. The van der Waals surface area contributed by atoms with Crippen molar-refractivity contribution in [3.63, 3.8) is 0 Å². The SMILES string of the molecule is O=C(NCC1(c2ccccc2)CCCC1)c1ccc(F)cc1F. The van der Waals surface area contributed by atoms with Crippen LogP contribution in [0.3, 0.4) is 0 Å². The molecule has 2 aromatic rings. The number of benzene rings is 2. The van der Waals surface area contributed by atoms with E-state index in [0.29, 0.717) is 6.54 Å². The molecule has 0 saturated heterocycles. The Morgan fingerprint density at radius 1 is 1.04 bits per heavy atom. The Morgan fingerprint density at radius 2 is 1.74 bits per heavy atom. The van der Waals surface area contributed by atoms with Crippen molar-refractivity contribution in [3.8, 4) is 0 Å². The maximum absolute atomic E-state index is 13.7. The Hall–Kier alpha value is -2.23. The van der Waals surface area contributed by atoms with Gasteiger partial charge in [-0.25, -0.2) is 8.78 Å². The average Bonchev–Trinajstić information content (AvgIpc) is 3.04. The van der Waals surface area contributed by atoms with Crippen molar-refractivity contribution in [1.82, 2.24) is 5.32 Å². The fourth-order valence-corrected chi connectivity index (χ4v) is 3.43. The number of rotatable bonds is 4. The summed E-state index contributed by atoms with van der Waals surface area (Å²) < 4.78 is 26.7. The second kappa shape index (κ2) is 6.49. The molecule has 0 aliphatic heterocycles. The van der Waals surface area contributed by atoms with Gasteiger partial charge >= 0.3 is 0 Å². The van der Waals surface area contributed by atoms with E-state index in [1.54, 1.807) is 0 Å². The van der Waals surface area contributed by atoms with Gasteiger partial charge in [-0.2, -0.15) is 0 Å². The molecule has 1 aliphatic carbocycles. The van der Waals surface area contributed by atoms with Gasteiger partial charge in [-0.3, -0.25) is 4.79 Å². The van der Waals surface area contributed by atoms with Gasteiger partial charge in [-0.15, -0.1) is 0 Å². The van der Waals surface area contributed by atoms with Gasteiger partial charge in [0, 0.05) is 18.0 Å². The monoisotopic (exact) mass is 315 g/mol. The normalized spacial score (nSPS) is 16.3. The molecule has 0 radical (unpaired) electrons. The molecular formula is C19H19F2NO. The molecule has 0 unspecified atom stereocenters. The number of halogens is 2. The molecule has 0 atom stereocenters. The molecule has 1 N–H and O–H groups in total. The third kappa shape index (κ3) is 3.26. The highest BCUT2D eigenvalue weighted by Crippen LogP contribution is 2.40. The summed E-state index contributed by atoms with van der Waals surface area (Å²) in [7, 11) is 0. The smallest absolute Gasteiger partial charge is 0.254 e. The highest BCUT2D eigenvalue weighted by Gasteiger charge is 2.35. The number of carbonyl (C=O) groups excluding carboxylic acids is 1. The second-order valence-corrected chi connectivity index (χ2v) is 6.16. The third-order valence-corrected chi connectivity index (χ3v) is 4.71. The second-order valence-electron chi connectivity index (χ2n) is 6.16. The van der Waals surface area contributed by atoms with Crippen LogP contribution in [-0.4, -0.2) is 12.5 Å². The zero-order valence-electron chi connectivity index (χ0n) is 12.8. The Balaban J connectivity index is 1.76. The minimum Gasteiger partial charge on any atom is -0.351 e. The van der Waals surface area contributed by atoms with E-state index in [-0.39, 0.29) is 11.0 Å². The molecule has 0 aromatic heterocycles. The molecule has 0 bridgehead atoms. The lowest BCUT2D eigenvalue weighted by Crippen LogP contribution is -2.39. The molecule has 3 rings (SSSR count). The predicted molar refractivity (Wildman–Crippen MR) is 85.3 cm³/mol. The van der Waals surface area contributed by atoms with Crippen LogP contribution in [-0.2, 0) is 5.41 Å². The van der Waals surface area contributed by atoms with Crippen LogP contribution in [0.4, 0.5) is 8.78 Å². The van der Waals surface area contributed by atoms with E-state index in [2.05, 4.69) is 17.4 Å². The summed E-state index contributed by atoms with van der Waals surface area (Å²) in [6.07, 6.45) is 4.25. The van der Waals surface area contributed by atoms with E-state index in [1.165, 1.54) is 11.6 Å². The summed E-state index contributed by atoms with van der Waals surface area (Å²) in [5.74, 6) is -2.01. The molecule has 0 spiro atoms. The predicted octanol–water partition coefficient (Wildman–Crippen LogP) is 4.21. The fourth-order valence-electron chi connectivity index (χ4n) is 3.43. The molecular weight excluding hydrogens is 296 g/mol. The van der Waals surface area contributed by atoms with Crippen LogP contribution in [0.5, 0.6) is 0 Å². The van der Waals surface area contributed by atoms with Crippen LogP contribution in [0.15, 0.2) is 48.5 Å². The molecule has 2 aromatic carbocycles. The topological polar surface area (TPSA) is 29.1 Å². The van der Waals surface area contributed by atoms with Crippen LogP contribution in [0.2, 0.25) is 0 Å². The van der Waals surface area contributed by atoms with Gasteiger partial charge in [-0.1, -0.05) is 43.2 Å². The number of carbonyl (C=O) groups is 1. The highest BCUT2D eigenvalue weighted by molar-refractivity contribution is 5.94. The first-order valence-corrected chi connectivity index (χ1v) is 7.90. The van der Waals surface area contributed by atoms with E-state index in [1.807, 2.05) is 18.2 Å². The Morgan fingerprint density at radius 3 is 2.39 bits per heavy atom. The lowest BCUT2D eigenvalue weighted by atomic mass is 9.79. The van der Waals surface area contributed by atoms with Gasteiger partial charge in [-0.05, 0) is 30.5 Å². The molecule has 120 valence electrons. The van der Waals surface area contributed by atoms with E-state index in [9.17, 15) is 13.6 Å². The highest BCUT2D eigenvalue weighted by atomic mass is 19.1. The Bertz CT molecular complexity index is 694. The van der Waals surface area contributed by atoms with Crippen molar-refractivity contribution < 1.29 is 13.6 Å². The van der Waals surface area contributed by atoms with Gasteiger partial charge < -0.3 is 5.32 Å². The van der Waals surface area contributed by atoms with E-state index in [4.69, 9.17) is 0 Å². The largest absolute Gasteiger partial charge is 0.351 e. The average molecular weight is 315 g/mol. The number of hydrogen-bond acceptors (Lipinski definition) is 1. The molecule has 1 fully saturated rings. The number of hydrogen-bond donors (Lipinski definition) is 1. The van der Waals surface area contributed by atoms with Crippen molar-refractivity contribution in [1.29, 1.82) is 0 Å². The lowest BCUT2D eigenvalue weighted by Gasteiger charge is -2.30. The maximum atomic E-state index is 13.7. The molecule has 4 heteroatoms. The Labute approximate surface area is 134 Å². The van der Waals surface area contributed by atoms with Crippen LogP contribution in [0, 0.1) is 11.6 Å². The molecule has 1 saturated carbocycles. The standard InChI is InChI=1S/C19H19F2NO/c20-15-8-9-16(17(21)12-15)18(23)22-13-19(10-4-5-11-19)14-6-2-1-3-7-14/h1-3,6-9,12H,4-5,10-11,13H2,(H,22,23). The van der Waals surface area contributed by atoms with Crippen molar-refractivity contribution in [2.45, 2.75) is 31.1 Å². The third-order valence-electron chi connectivity index (χ3n) is 4.71. The van der Waals surface area contributed by atoms with E-state index >= 15 is 0 Å². The van der Waals surface area contributed by atoms with Gasteiger partial charge in [0.05, 0.1) is 5.56 Å². The maximum Gasteiger partial charge on any atom is 0.254 e. The summed E-state index contributed by atoms with van der Waals surface area (Å²) >= 11 is 0. The summed E-state index contributed by atoms with van der Waals surface area (Å²) in [6, 6.07) is 13.1. The Kier molecular flexibility index (Phi) is 4.42. The summed E-state index contributed by atoms with van der Waals surface area (Å²) in [5.41, 5.74) is 0.998. The van der Waals surface area contributed by atoms with E-state index < -0.39 is 17.5 Å². The zero-order valence-corrected chi connectivity index (χ0v) is 12.8. The van der Waals surface area contributed by atoms with Crippen LogP contribution in [0.25, 0.3) is 0 Å². The number of nitrogens with one attached hydrogen (secondary N) is 1. The zero-order chi connectivity index (χ0) is 16.3. The van der Waals surface area contributed by atoms with Crippen LogP contribution in [0.1, 0.15) is 41.6 Å². The molecule has 2 nitrogen and oxygen atoms in total. The van der Waals surface area contributed by atoms with Crippen molar-refractivity contribution in [2.75, 3.05) is 6.54 Å². The first kappa shape index (κ1) is 15.7. The van der Waals surface area contributed by atoms with Crippen LogP contribution >= 0.6 is 0 Å². The van der Waals surface area contributed by atoms with Crippen molar-refractivity contribution in [2.24, 2.45) is 0 Å². The molecule has 0 heterocycles. The van der Waals surface area contributed by atoms with Gasteiger partial charge in [0.15, 0.2) is 0 Å². The summed E-state index contributed by atoms with van der Waals surface area (Å²) in [5, 5.41) is 2.84. The van der Waals surface area contributed by atoms with Gasteiger partial charge in [0.1, 0.15) is 11.6 Å². The fraction of sp³-hybridized carbons (Fsp3) is 0.316. The number of amides is 1. The minimum atomic E-state index is -0.831. The summed E-state index contributed by atoms with van der Waals surface area (Å²) in [6.45, 7) is 0.465. The lowest BCUT2D eigenvalue weighted by molar-refractivity contribution is 0.0939. The first-order valence-electron chi connectivity index (χ1n) is 7.90. The molecule has 1 aliphatic rings. The van der Waals surface area contributed by atoms with Crippen molar-refractivity contribution >= 4 is 5.91 Å². The molecule has 23 heavy (non-hydrogen) atoms. The summed E-state index contributed by atoms with van der Waals surface area (Å²) in [4.78, 5) is 12.2. The van der Waals surface area contributed by atoms with Gasteiger partial charge in [0.2, 0.25) is 0 Å². The van der Waals surface area contributed by atoms with E-state index in [0.717, 1.165) is 37.8 Å². The quantitative estimate of drug-likeness (QED) is 0.900. The van der Waals surface area contributed by atoms with Gasteiger partial charge in [0.25, 0.3) is 5.91 Å². The van der Waals surface area contributed by atoms with Crippen LogP contribution < -0.4 is 5.32 Å². The first-order chi connectivity index (χ1) is 11.1.